The summed E-state index contributed by atoms with van der Waals surface area (Å²) in [6.07, 6.45) is -1.23. The highest BCUT2D eigenvalue weighted by atomic mass is 32.1. The molecule has 3 amide bonds. The molecule has 2 rings (SSSR count). The molecule has 2 aromatic rings. The molecular formula is C27H42N6O5S. The molecule has 0 aliphatic heterocycles. The van der Waals surface area contributed by atoms with E-state index in [0.29, 0.717) is 23.7 Å². The van der Waals surface area contributed by atoms with Crippen molar-refractivity contribution in [2.45, 2.75) is 79.2 Å². The average molecular weight is 563 g/mol. The van der Waals surface area contributed by atoms with Crippen LogP contribution in [0.4, 0.5) is 20.4 Å². The summed E-state index contributed by atoms with van der Waals surface area (Å²) < 4.78 is 0. The first-order chi connectivity index (χ1) is 17.9. The van der Waals surface area contributed by atoms with E-state index in [1.807, 2.05) is 38.4 Å². The summed E-state index contributed by atoms with van der Waals surface area (Å²) >= 11 is 1.47. The largest absolute Gasteiger partial charge is 0.465 e. The number of aromatic nitrogens is 1. The standard InChI is InChI=1S/C27H42N6O5S/c1-17(34)28-22-29-20(21(39-22)16-32(8)9)15-12-18-10-13-19(14-11-18)30-27(25(2,3)4,31-23(35)36)33(24(37)38)26(5,6)7/h10-11,13-14,30-31H,12,15-16H2,1-9H3,(H,35,36)(H,37,38)(H,28,29,34). The number of carbonyl (C=O) groups excluding carboxylic acids is 1. The van der Waals surface area contributed by atoms with Crippen molar-refractivity contribution >= 4 is 40.2 Å². The van der Waals surface area contributed by atoms with Crippen LogP contribution in [0.1, 0.15) is 64.6 Å². The fourth-order valence-electron chi connectivity index (χ4n) is 4.36. The lowest BCUT2D eigenvalue weighted by molar-refractivity contribution is -0.114. The zero-order valence-corrected chi connectivity index (χ0v) is 25.1. The molecule has 1 unspecified atom stereocenters. The molecule has 1 heterocycles. The van der Waals surface area contributed by atoms with Gasteiger partial charge in [-0.15, -0.1) is 11.3 Å². The molecule has 0 aliphatic rings. The Labute approximate surface area is 234 Å². The van der Waals surface area contributed by atoms with E-state index < -0.39 is 28.9 Å². The number of rotatable bonds is 10. The number of nitrogens with one attached hydrogen (secondary N) is 3. The smallest absolute Gasteiger partial charge is 0.411 e. The Bertz CT molecular complexity index is 1170. The summed E-state index contributed by atoms with van der Waals surface area (Å²) in [5.41, 5.74) is 0.716. The van der Waals surface area contributed by atoms with E-state index in [0.717, 1.165) is 27.6 Å². The van der Waals surface area contributed by atoms with Gasteiger partial charge in [0, 0.05) is 35.0 Å². The number of amides is 3. The van der Waals surface area contributed by atoms with Gasteiger partial charge in [-0.2, -0.15) is 0 Å². The maximum atomic E-state index is 12.5. The number of nitrogens with zero attached hydrogens (tertiary/aromatic N) is 3. The predicted molar refractivity (Wildman–Crippen MR) is 154 cm³/mol. The van der Waals surface area contributed by atoms with Crippen molar-refractivity contribution in [3.63, 3.8) is 0 Å². The number of aryl methyl sites for hydroxylation is 2. The van der Waals surface area contributed by atoms with Crippen LogP contribution >= 0.6 is 11.3 Å². The molecule has 5 N–H and O–H groups in total. The van der Waals surface area contributed by atoms with Crippen LogP contribution in [0.3, 0.4) is 0 Å². The second kappa shape index (κ2) is 12.2. The number of hydrogen-bond donors (Lipinski definition) is 5. The number of benzene rings is 1. The molecular weight excluding hydrogens is 520 g/mol. The molecule has 216 valence electrons. The summed E-state index contributed by atoms with van der Waals surface area (Å²) in [6.45, 7) is 12.7. The number of carboxylic acid groups (broad SMARTS) is 2. The monoisotopic (exact) mass is 562 g/mol. The van der Waals surface area contributed by atoms with Crippen LogP contribution in [0.15, 0.2) is 24.3 Å². The number of thiazole rings is 1. The Morgan fingerprint density at radius 1 is 0.974 bits per heavy atom. The molecule has 0 aliphatic carbocycles. The van der Waals surface area contributed by atoms with E-state index in [1.165, 1.54) is 18.3 Å². The first-order valence-electron chi connectivity index (χ1n) is 12.7. The van der Waals surface area contributed by atoms with Crippen LogP contribution in [-0.4, -0.2) is 68.5 Å². The van der Waals surface area contributed by atoms with Crippen molar-refractivity contribution < 1.29 is 24.6 Å². The van der Waals surface area contributed by atoms with Crippen molar-refractivity contribution in [1.82, 2.24) is 20.1 Å². The van der Waals surface area contributed by atoms with Gasteiger partial charge in [-0.25, -0.2) is 14.6 Å². The molecule has 0 bridgehead atoms. The quantitative estimate of drug-likeness (QED) is 0.251. The van der Waals surface area contributed by atoms with Crippen molar-refractivity contribution in [1.29, 1.82) is 0 Å². The number of carbonyl (C=O) groups is 3. The minimum absolute atomic E-state index is 0.161. The topological polar surface area (TPSA) is 147 Å². The zero-order valence-electron chi connectivity index (χ0n) is 24.3. The average Bonchev–Trinajstić information content (AvgIpc) is 3.10. The summed E-state index contributed by atoms with van der Waals surface area (Å²) in [6, 6.07) is 7.47. The maximum Gasteiger partial charge on any atom is 0.411 e. The molecule has 0 saturated carbocycles. The van der Waals surface area contributed by atoms with Crippen LogP contribution in [-0.2, 0) is 24.2 Å². The SMILES string of the molecule is CC(=O)Nc1nc(CCc2ccc(NC(NC(=O)O)(N(C(=O)O)C(C)(C)C)C(C)(C)C)cc2)c(CN(C)C)s1. The summed E-state index contributed by atoms with van der Waals surface area (Å²) in [5, 5.41) is 28.9. The highest BCUT2D eigenvalue weighted by Crippen LogP contribution is 2.39. The fraction of sp³-hybridized carbons (Fsp3) is 0.556. The number of hydrogen-bond acceptors (Lipinski definition) is 7. The van der Waals surface area contributed by atoms with Gasteiger partial charge in [0.05, 0.1) is 5.69 Å². The second-order valence-electron chi connectivity index (χ2n) is 11.8. The van der Waals surface area contributed by atoms with Gasteiger partial charge >= 0.3 is 12.2 Å². The van der Waals surface area contributed by atoms with E-state index in [9.17, 15) is 24.6 Å². The van der Waals surface area contributed by atoms with Crippen LogP contribution in [0, 0.1) is 5.41 Å². The molecule has 1 aromatic heterocycles. The summed E-state index contributed by atoms with van der Waals surface area (Å²) in [5.74, 6) is -1.84. The normalized spacial score (nSPS) is 13.5. The Kier molecular flexibility index (Phi) is 9.96. The van der Waals surface area contributed by atoms with Crippen LogP contribution in [0.25, 0.3) is 0 Å². The van der Waals surface area contributed by atoms with E-state index in [-0.39, 0.29) is 5.91 Å². The van der Waals surface area contributed by atoms with E-state index >= 15 is 0 Å². The Morgan fingerprint density at radius 2 is 1.56 bits per heavy atom. The number of anilines is 2. The third-order valence-electron chi connectivity index (χ3n) is 6.02. The minimum Gasteiger partial charge on any atom is -0.465 e. The zero-order chi connectivity index (χ0) is 29.8. The fourth-order valence-corrected chi connectivity index (χ4v) is 5.53. The molecule has 12 heteroatoms. The van der Waals surface area contributed by atoms with E-state index in [1.54, 1.807) is 41.5 Å². The molecule has 0 fully saturated rings. The van der Waals surface area contributed by atoms with Crippen LogP contribution < -0.4 is 16.0 Å². The highest BCUT2D eigenvalue weighted by molar-refractivity contribution is 7.15. The molecule has 1 atom stereocenters. The van der Waals surface area contributed by atoms with Crippen LogP contribution in [0.5, 0.6) is 0 Å². The highest BCUT2D eigenvalue weighted by Gasteiger charge is 2.54. The van der Waals surface area contributed by atoms with Gasteiger partial charge in [-0.1, -0.05) is 32.9 Å². The lowest BCUT2D eigenvalue weighted by atomic mass is 9.82. The predicted octanol–water partition coefficient (Wildman–Crippen LogP) is 5.11. The summed E-state index contributed by atoms with van der Waals surface area (Å²) in [7, 11) is 3.96. The molecule has 39 heavy (non-hydrogen) atoms. The van der Waals surface area contributed by atoms with Gasteiger partial charge < -0.3 is 25.7 Å². The molecule has 0 spiro atoms. The van der Waals surface area contributed by atoms with E-state index in [2.05, 4.69) is 25.8 Å². The summed E-state index contributed by atoms with van der Waals surface area (Å²) in [4.78, 5) is 44.8. The van der Waals surface area contributed by atoms with Crippen molar-refractivity contribution in [3.8, 4) is 0 Å². The minimum atomic E-state index is -1.67. The van der Waals surface area contributed by atoms with Crippen molar-refractivity contribution in [3.05, 3.63) is 40.4 Å². The lowest BCUT2D eigenvalue weighted by Gasteiger charge is -2.55. The molecule has 1 aromatic carbocycles. The van der Waals surface area contributed by atoms with Gasteiger partial charge in [0.25, 0.3) is 0 Å². The first-order valence-corrected chi connectivity index (χ1v) is 13.5. The van der Waals surface area contributed by atoms with Gasteiger partial charge in [0.15, 0.2) is 5.13 Å². The molecule has 0 radical (unpaired) electrons. The van der Waals surface area contributed by atoms with Gasteiger partial charge in [-0.3, -0.25) is 15.0 Å². The van der Waals surface area contributed by atoms with Gasteiger partial charge in [-0.05, 0) is 65.4 Å². The van der Waals surface area contributed by atoms with Crippen molar-refractivity contribution in [2.75, 3.05) is 24.7 Å². The first kappa shape index (κ1) is 31.8. The Hall–Kier alpha value is -3.38. The third-order valence-corrected chi connectivity index (χ3v) is 7.02. The van der Waals surface area contributed by atoms with Gasteiger partial charge in [0.2, 0.25) is 11.7 Å². The van der Waals surface area contributed by atoms with Crippen LogP contribution in [0.2, 0.25) is 0 Å². The Morgan fingerprint density at radius 3 is 2.00 bits per heavy atom. The maximum absolute atomic E-state index is 12.5. The van der Waals surface area contributed by atoms with E-state index in [4.69, 9.17) is 0 Å². The van der Waals surface area contributed by atoms with Crippen molar-refractivity contribution in [2.24, 2.45) is 5.41 Å². The molecule has 11 nitrogen and oxygen atoms in total. The molecule has 0 saturated heterocycles. The second-order valence-corrected chi connectivity index (χ2v) is 12.9. The lowest BCUT2D eigenvalue weighted by Crippen LogP contribution is -2.76. The van der Waals surface area contributed by atoms with Gasteiger partial charge in [0.1, 0.15) is 0 Å². The Balaban J connectivity index is 2.35. The third kappa shape index (κ3) is 8.30.